The third-order valence-corrected chi connectivity index (χ3v) is 6.48. The van der Waals surface area contributed by atoms with E-state index in [0.29, 0.717) is 5.92 Å². The lowest BCUT2D eigenvalue weighted by Gasteiger charge is -2.25. The first-order chi connectivity index (χ1) is 9.66. The molecule has 0 radical (unpaired) electrons. The van der Waals surface area contributed by atoms with Crippen LogP contribution in [0.3, 0.4) is 0 Å². The van der Waals surface area contributed by atoms with Crippen molar-refractivity contribution in [3.8, 4) is 0 Å². The van der Waals surface area contributed by atoms with E-state index in [1.165, 1.54) is 17.4 Å². The third-order valence-electron chi connectivity index (χ3n) is 3.77. The van der Waals surface area contributed by atoms with E-state index < -0.39 is 16.0 Å². The molecule has 1 aliphatic carbocycles. The molecule has 0 amide bonds. The van der Waals surface area contributed by atoms with Gasteiger partial charge in [0.1, 0.15) is 4.90 Å². The topological polar surface area (TPSA) is 74.7 Å². The Balaban J connectivity index is 2.51. The van der Waals surface area contributed by atoms with Gasteiger partial charge in [0.15, 0.2) is 0 Å². The maximum absolute atomic E-state index is 12.6. The maximum atomic E-state index is 12.6. The Morgan fingerprint density at radius 3 is 2.43 bits per heavy atom. The minimum atomic E-state index is -3.90. The zero-order chi connectivity index (χ0) is 15.9. The Kier molecular flexibility index (Phi) is 4.54. The predicted molar refractivity (Wildman–Crippen MR) is 80.6 cm³/mol. The van der Waals surface area contributed by atoms with Crippen LogP contribution >= 0.6 is 23.2 Å². The van der Waals surface area contributed by atoms with Gasteiger partial charge in [-0.3, -0.25) is 0 Å². The van der Waals surface area contributed by atoms with Crippen molar-refractivity contribution in [2.45, 2.75) is 30.7 Å². The number of carboxylic acid groups (broad SMARTS) is 1. The second-order valence-corrected chi connectivity index (χ2v) is 7.95. The monoisotopic (exact) mass is 351 g/mol. The summed E-state index contributed by atoms with van der Waals surface area (Å²) in [5, 5.41) is 8.77. The van der Waals surface area contributed by atoms with Crippen LogP contribution in [0.25, 0.3) is 0 Å². The molecular formula is C13H15Cl2NO4S. The van der Waals surface area contributed by atoms with Gasteiger partial charge in [-0.05, 0) is 37.8 Å². The number of halogens is 2. The van der Waals surface area contributed by atoms with E-state index in [-0.39, 0.29) is 26.5 Å². The summed E-state index contributed by atoms with van der Waals surface area (Å²) in [6.45, 7) is 1.83. The first kappa shape index (κ1) is 16.5. The molecule has 2 rings (SSSR count). The van der Waals surface area contributed by atoms with Crippen LogP contribution < -0.4 is 0 Å². The van der Waals surface area contributed by atoms with Crippen molar-refractivity contribution in [3.63, 3.8) is 0 Å². The van der Waals surface area contributed by atoms with Crippen molar-refractivity contribution in [3.05, 3.63) is 27.7 Å². The molecule has 1 aromatic carbocycles. The third kappa shape index (κ3) is 3.18. The number of carbonyl (C=O) groups is 1. The van der Waals surface area contributed by atoms with Crippen LogP contribution in [0.15, 0.2) is 17.0 Å². The number of rotatable bonds is 5. The van der Waals surface area contributed by atoms with Gasteiger partial charge in [-0.25, -0.2) is 13.2 Å². The van der Waals surface area contributed by atoms with E-state index in [1.54, 1.807) is 0 Å². The molecule has 0 saturated heterocycles. The molecule has 1 saturated carbocycles. The lowest BCUT2D eigenvalue weighted by molar-refractivity contribution is 0.0697. The van der Waals surface area contributed by atoms with Gasteiger partial charge in [0, 0.05) is 18.1 Å². The highest BCUT2D eigenvalue weighted by atomic mass is 35.5. The van der Waals surface area contributed by atoms with Crippen molar-refractivity contribution in [2.24, 2.45) is 5.92 Å². The fourth-order valence-electron chi connectivity index (χ4n) is 2.16. The first-order valence-corrected chi connectivity index (χ1v) is 8.56. The number of aromatic carboxylic acids is 1. The van der Waals surface area contributed by atoms with Crippen molar-refractivity contribution in [1.82, 2.24) is 4.31 Å². The number of sulfonamides is 1. The highest BCUT2D eigenvalue weighted by molar-refractivity contribution is 7.89. The zero-order valence-electron chi connectivity index (χ0n) is 11.5. The first-order valence-electron chi connectivity index (χ1n) is 6.36. The summed E-state index contributed by atoms with van der Waals surface area (Å²) in [4.78, 5) is 10.8. The maximum Gasteiger partial charge on any atom is 0.337 e. The number of hydrogen-bond donors (Lipinski definition) is 1. The number of carboxylic acids is 1. The quantitative estimate of drug-likeness (QED) is 0.884. The van der Waals surface area contributed by atoms with Gasteiger partial charge >= 0.3 is 5.97 Å². The molecular weight excluding hydrogens is 337 g/mol. The summed E-state index contributed by atoms with van der Waals surface area (Å²) >= 11 is 11.8. The van der Waals surface area contributed by atoms with Crippen LogP contribution in [0.4, 0.5) is 0 Å². The fourth-order valence-corrected chi connectivity index (χ4v) is 4.45. The molecule has 5 nitrogen and oxygen atoms in total. The van der Waals surface area contributed by atoms with Crippen LogP contribution in [-0.4, -0.2) is 36.9 Å². The summed E-state index contributed by atoms with van der Waals surface area (Å²) in [6.07, 6.45) is 1.98. The van der Waals surface area contributed by atoms with Gasteiger partial charge in [-0.15, -0.1) is 0 Å². The Morgan fingerprint density at radius 1 is 1.38 bits per heavy atom. The smallest absolute Gasteiger partial charge is 0.337 e. The van der Waals surface area contributed by atoms with Gasteiger partial charge in [0.25, 0.3) is 0 Å². The number of nitrogens with zero attached hydrogens (tertiary/aromatic N) is 1. The molecule has 8 heteroatoms. The second kappa shape index (κ2) is 5.76. The van der Waals surface area contributed by atoms with E-state index in [9.17, 15) is 13.2 Å². The number of hydrogen-bond acceptors (Lipinski definition) is 3. The van der Waals surface area contributed by atoms with Gasteiger partial charge < -0.3 is 5.11 Å². The average Bonchev–Trinajstić information content (AvgIpc) is 3.23. The summed E-state index contributed by atoms with van der Waals surface area (Å²) in [5.41, 5.74) is -0.324. The molecule has 1 unspecified atom stereocenters. The minimum Gasteiger partial charge on any atom is -0.478 e. The van der Waals surface area contributed by atoms with Crippen molar-refractivity contribution in [2.75, 3.05) is 7.05 Å². The van der Waals surface area contributed by atoms with Gasteiger partial charge in [-0.1, -0.05) is 23.2 Å². The minimum absolute atomic E-state index is 0.0165. The SMILES string of the molecule is CC(C1CC1)N(C)S(=O)(=O)c1cc(Cl)cc(C(=O)O)c1Cl. The summed E-state index contributed by atoms with van der Waals surface area (Å²) in [5.74, 6) is -0.987. The van der Waals surface area contributed by atoms with Crippen molar-refractivity contribution in [1.29, 1.82) is 0 Å². The summed E-state index contributed by atoms with van der Waals surface area (Å²) in [6, 6.07) is 2.15. The Hall–Kier alpha value is -0.820. The lowest BCUT2D eigenvalue weighted by atomic mass is 10.2. The standard InChI is InChI=1S/C13H15Cl2NO4S/c1-7(8-3-4-8)16(2)21(19,20)11-6-9(14)5-10(12(11)15)13(17)18/h5-8H,3-4H2,1-2H3,(H,17,18). The fraction of sp³-hybridized carbons (Fsp3) is 0.462. The van der Waals surface area contributed by atoms with E-state index in [2.05, 4.69) is 0 Å². The lowest BCUT2D eigenvalue weighted by Crippen LogP contribution is -2.36. The predicted octanol–water partition coefficient (Wildman–Crippen LogP) is 3.11. The van der Waals surface area contributed by atoms with Gasteiger partial charge in [0.2, 0.25) is 10.0 Å². The number of benzene rings is 1. The zero-order valence-corrected chi connectivity index (χ0v) is 13.8. The molecule has 0 heterocycles. The molecule has 1 N–H and O–H groups in total. The summed E-state index contributed by atoms with van der Waals surface area (Å²) in [7, 11) is -2.43. The van der Waals surface area contributed by atoms with Crippen molar-refractivity contribution >= 4 is 39.2 Å². The highest BCUT2D eigenvalue weighted by Crippen LogP contribution is 2.38. The van der Waals surface area contributed by atoms with E-state index in [1.807, 2.05) is 6.92 Å². The summed E-state index contributed by atoms with van der Waals surface area (Å²) < 4.78 is 26.5. The van der Waals surface area contributed by atoms with Crippen LogP contribution in [0.1, 0.15) is 30.1 Å². The second-order valence-electron chi connectivity index (χ2n) is 5.17. The Bertz CT molecular complexity index is 686. The molecule has 0 spiro atoms. The molecule has 0 aromatic heterocycles. The van der Waals surface area contributed by atoms with E-state index >= 15 is 0 Å². The van der Waals surface area contributed by atoms with Crippen molar-refractivity contribution < 1.29 is 18.3 Å². The van der Waals surface area contributed by atoms with E-state index in [4.69, 9.17) is 28.3 Å². The molecule has 0 bridgehead atoms. The van der Waals surface area contributed by atoms with Crippen LogP contribution in [0.2, 0.25) is 10.0 Å². The molecule has 1 aromatic rings. The molecule has 1 atom stereocenters. The largest absolute Gasteiger partial charge is 0.478 e. The Morgan fingerprint density at radius 2 is 1.95 bits per heavy atom. The molecule has 0 aliphatic heterocycles. The normalized spacial score (nSPS) is 17.0. The molecule has 116 valence electrons. The van der Waals surface area contributed by atoms with Gasteiger partial charge in [0.05, 0.1) is 10.6 Å². The van der Waals surface area contributed by atoms with Crippen LogP contribution in [-0.2, 0) is 10.0 Å². The van der Waals surface area contributed by atoms with Crippen LogP contribution in [0.5, 0.6) is 0 Å². The molecule has 1 fully saturated rings. The van der Waals surface area contributed by atoms with Crippen LogP contribution in [0, 0.1) is 5.92 Å². The molecule has 21 heavy (non-hydrogen) atoms. The van der Waals surface area contributed by atoms with Gasteiger partial charge in [-0.2, -0.15) is 4.31 Å². The molecule has 1 aliphatic rings. The average molecular weight is 352 g/mol. The van der Waals surface area contributed by atoms with E-state index in [0.717, 1.165) is 18.9 Å². The highest BCUT2D eigenvalue weighted by Gasteiger charge is 2.37. The Labute approximate surface area is 133 Å².